The number of nitrogens with zero attached hydrogens (tertiary/aromatic N) is 2. The maximum absolute atomic E-state index is 10.9. The maximum Gasteiger partial charge on any atom is 0.353 e. The molecule has 0 amide bonds. The Kier molecular flexibility index (Phi) is 3.19. The van der Waals surface area contributed by atoms with E-state index >= 15 is 0 Å². The lowest BCUT2D eigenvalue weighted by atomic mass is 10.2. The minimum atomic E-state index is -0.623. The second-order valence-electron chi connectivity index (χ2n) is 3.92. The molecule has 0 unspecified atom stereocenters. The van der Waals surface area contributed by atoms with E-state index in [1.54, 1.807) is 18.2 Å². The standard InChI is InChI=1S/C12H12N4O3/c1-7-6-8(2-3-9(7)13)19-10-4-5-15-12(14)11(10)16(17)18/h2-6H,13H2,1H3,(H2,14,15). The fraction of sp³-hybridized carbons (Fsp3) is 0.0833. The molecule has 1 aromatic heterocycles. The van der Waals surface area contributed by atoms with Gasteiger partial charge in [0.15, 0.2) is 0 Å². The van der Waals surface area contributed by atoms with E-state index in [9.17, 15) is 10.1 Å². The van der Waals surface area contributed by atoms with Crippen molar-refractivity contribution < 1.29 is 9.66 Å². The summed E-state index contributed by atoms with van der Waals surface area (Å²) < 4.78 is 5.47. The Morgan fingerprint density at radius 3 is 2.68 bits per heavy atom. The number of hydrogen-bond acceptors (Lipinski definition) is 6. The largest absolute Gasteiger partial charge is 0.450 e. The number of aromatic nitrogens is 1. The Morgan fingerprint density at radius 2 is 2.05 bits per heavy atom. The zero-order valence-corrected chi connectivity index (χ0v) is 10.2. The molecule has 2 aromatic rings. The Labute approximate surface area is 109 Å². The molecule has 0 saturated heterocycles. The monoisotopic (exact) mass is 260 g/mol. The van der Waals surface area contributed by atoms with Gasteiger partial charge in [-0.05, 0) is 30.7 Å². The molecule has 0 saturated carbocycles. The van der Waals surface area contributed by atoms with Crippen molar-refractivity contribution in [3.05, 3.63) is 46.1 Å². The van der Waals surface area contributed by atoms with Gasteiger partial charge in [0.05, 0.1) is 4.92 Å². The SMILES string of the molecule is Cc1cc(Oc2ccnc(N)c2[N+](=O)[O-])ccc1N. The van der Waals surface area contributed by atoms with Gasteiger partial charge < -0.3 is 16.2 Å². The summed E-state index contributed by atoms with van der Waals surface area (Å²) in [4.78, 5) is 14.0. The molecule has 7 nitrogen and oxygen atoms in total. The van der Waals surface area contributed by atoms with Gasteiger partial charge in [0, 0.05) is 18.0 Å². The van der Waals surface area contributed by atoms with Crippen molar-refractivity contribution in [1.29, 1.82) is 0 Å². The van der Waals surface area contributed by atoms with Crippen LogP contribution in [0.3, 0.4) is 0 Å². The molecule has 4 N–H and O–H groups in total. The summed E-state index contributed by atoms with van der Waals surface area (Å²) in [5.41, 5.74) is 12.3. The zero-order chi connectivity index (χ0) is 14.0. The molecule has 98 valence electrons. The smallest absolute Gasteiger partial charge is 0.353 e. The van der Waals surface area contributed by atoms with E-state index in [0.29, 0.717) is 11.4 Å². The summed E-state index contributed by atoms with van der Waals surface area (Å²) in [5.74, 6) is 0.303. The van der Waals surface area contributed by atoms with Gasteiger partial charge in [-0.2, -0.15) is 0 Å². The van der Waals surface area contributed by atoms with Crippen molar-refractivity contribution in [1.82, 2.24) is 4.98 Å². The minimum absolute atomic E-state index is 0.0432. The third kappa shape index (κ3) is 2.54. The Morgan fingerprint density at radius 1 is 1.32 bits per heavy atom. The van der Waals surface area contributed by atoms with Crippen LogP contribution in [0, 0.1) is 17.0 Å². The Balaban J connectivity index is 2.40. The number of benzene rings is 1. The molecule has 1 heterocycles. The number of hydrogen-bond donors (Lipinski definition) is 2. The van der Waals surface area contributed by atoms with Crippen molar-refractivity contribution >= 4 is 17.2 Å². The van der Waals surface area contributed by atoms with Gasteiger partial charge in [0.2, 0.25) is 11.6 Å². The van der Waals surface area contributed by atoms with Crippen LogP contribution in [-0.2, 0) is 0 Å². The van der Waals surface area contributed by atoms with Gasteiger partial charge in [-0.1, -0.05) is 0 Å². The van der Waals surface area contributed by atoms with E-state index in [2.05, 4.69) is 4.98 Å². The molecule has 19 heavy (non-hydrogen) atoms. The fourth-order valence-corrected chi connectivity index (χ4v) is 1.56. The lowest BCUT2D eigenvalue weighted by molar-refractivity contribution is -0.384. The topological polar surface area (TPSA) is 117 Å². The van der Waals surface area contributed by atoms with Crippen molar-refractivity contribution in [2.45, 2.75) is 6.92 Å². The third-order valence-electron chi connectivity index (χ3n) is 2.57. The van der Waals surface area contributed by atoms with Crippen LogP contribution < -0.4 is 16.2 Å². The van der Waals surface area contributed by atoms with Gasteiger partial charge in [-0.15, -0.1) is 0 Å². The molecular weight excluding hydrogens is 248 g/mol. The summed E-state index contributed by atoms with van der Waals surface area (Å²) in [5, 5.41) is 10.9. The van der Waals surface area contributed by atoms with Crippen molar-refractivity contribution in [3.63, 3.8) is 0 Å². The number of anilines is 2. The molecule has 0 spiro atoms. The van der Waals surface area contributed by atoms with Crippen LogP contribution in [0.2, 0.25) is 0 Å². The molecular formula is C12H12N4O3. The second kappa shape index (κ2) is 4.81. The zero-order valence-electron chi connectivity index (χ0n) is 10.2. The molecule has 0 atom stereocenters. The number of aryl methyl sites for hydroxylation is 1. The molecule has 1 aromatic carbocycles. The number of pyridine rings is 1. The van der Waals surface area contributed by atoms with Crippen LogP contribution >= 0.6 is 0 Å². The third-order valence-corrected chi connectivity index (χ3v) is 2.57. The Hall–Kier alpha value is -2.83. The average molecular weight is 260 g/mol. The first-order valence-electron chi connectivity index (χ1n) is 5.42. The highest BCUT2D eigenvalue weighted by Crippen LogP contribution is 2.34. The lowest BCUT2D eigenvalue weighted by Crippen LogP contribution is -2.01. The molecule has 7 heteroatoms. The van der Waals surface area contributed by atoms with E-state index in [1.165, 1.54) is 12.3 Å². The van der Waals surface area contributed by atoms with E-state index in [-0.39, 0.29) is 17.3 Å². The highest BCUT2D eigenvalue weighted by molar-refractivity contribution is 5.62. The van der Waals surface area contributed by atoms with Crippen LogP contribution in [0.5, 0.6) is 11.5 Å². The summed E-state index contributed by atoms with van der Waals surface area (Å²) in [6.45, 7) is 1.82. The minimum Gasteiger partial charge on any atom is -0.450 e. The van der Waals surface area contributed by atoms with Crippen LogP contribution in [-0.4, -0.2) is 9.91 Å². The molecule has 0 aliphatic carbocycles. The van der Waals surface area contributed by atoms with Gasteiger partial charge in [0.25, 0.3) is 0 Å². The van der Waals surface area contributed by atoms with Crippen molar-refractivity contribution in [2.24, 2.45) is 0 Å². The van der Waals surface area contributed by atoms with Crippen molar-refractivity contribution in [2.75, 3.05) is 11.5 Å². The maximum atomic E-state index is 10.9. The molecule has 0 bridgehead atoms. The predicted molar refractivity (Wildman–Crippen MR) is 71.0 cm³/mol. The van der Waals surface area contributed by atoms with Gasteiger partial charge in [0.1, 0.15) is 5.75 Å². The van der Waals surface area contributed by atoms with Crippen molar-refractivity contribution in [3.8, 4) is 11.5 Å². The Bertz CT molecular complexity index is 643. The average Bonchev–Trinajstić information content (AvgIpc) is 2.33. The number of nitro groups is 1. The predicted octanol–water partition coefficient (Wildman–Crippen LogP) is 2.25. The highest BCUT2D eigenvalue weighted by atomic mass is 16.6. The lowest BCUT2D eigenvalue weighted by Gasteiger charge is -2.08. The van der Waals surface area contributed by atoms with Crippen LogP contribution in [0.4, 0.5) is 17.2 Å². The first kappa shape index (κ1) is 12.6. The highest BCUT2D eigenvalue weighted by Gasteiger charge is 2.21. The van der Waals surface area contributed by atoms with Gasteiger partial charge >= 0.3 is 5.69 Å². The first-order chi connectivity index (χ1) is 8.99. The normalized spacial score (nSPS) is 10.2. The summed E-state index contributed by atoms with van der Waals surface area (Å²) >= 11 is 0. The summed E-state index contributed by atoms with van der Waals surface area (Å²) in [6, 6.07) is 6.37. The van der Waals surface area contributed by atoms with Crippen LogP contribution in [0.15, 0.2) is 30.5 Å². The molecule has 2 rings (SSSR count). The number of nitrogen functional groups attached to an aromatic ring is 2. The molecule has 0 aliphatic rings. The van der Waals surface area contributed by atoms with E-state index < -0.39 is 4.92 Å². The molecule has 0 aliphatic heterocycles. The van der Waals surface area contributed by atoms with Crippen LogP contribution in [0.25, 0.3) is 0 Å². The number of rotatable bonds is 3. The molecule has 0 fully saturated rings. The number of nitrogens with two attached hydrogens (primary N) is 2. The van der Waals surface area contributed by atoms with Gasteiger partial charge in [-0.25, -0.2) is 4.98 Å². The van der Waals surface area contributed by atoms with Gasteiger partial charge in [-0.3, -0.25) is 10.1 Å². The van der Waals surface area contributed by atoms with E-state index in [4.69, 9.17) is 16.2 Å². The van der Waals surface area contributed by atoms with E-state index in [1.807, 2.05) is 6.92 Å². The fourth-order valence-electron chi connectivity index (χ4n) is 1.56. The second-order valence-corrected chi connectivity index (χ2v) is 3.92. The number of ether oxygens (including phenoxy) is 1. The quantitative estimate of drug-likeness (QED) is 0.496. The first-order valence-corrected chi connectivity index (χ1v) is 5.42. The van der Waals surface area contributed by atoms with Crippen LogP contribution in [0.1, 0.15) is 5.56 Å². The van der Waals surface area contributed by atoms with E-state index in [0.717, 1.165) is 5.56 Å². The molecule has 0 radical (unpaired) electrons. The summed E-state index contributed by atoms with van der Waals surface area (Å²) in [6.07, 6.45) is 1.35. The summed E-state index contributed by atoms with van der Waals surface area (Å²) in [7, 11) is 0.